The van der Waals surface area contributed by atoms with Crippen molar-refractivity contribution < 1.29 is 18.0 Å². The lowest BCUT2D eigenvalue weighted by atomic mass is 10.0. The fourth-order valence-corrected chi connectivity index (χ4v) is 5.76. The molecule has 1 aromatic carbocycles. The molecule has 0 saturated carbocycles. The fourth-order valence-electron chi connectivity index (χ4n) is 2.95. The van der Waals surface area contributed by atoms with Crippen LogP contribution in [0, 0.1) is 6.92 Å². The van der Waals surface area contributed by atoms with Gasteiger partial charge in [-0.3, -0.25) is 9.59 Å². The van der Waals surface area contributed by atoms with E-state index < -0.39 is 15.9 Å². The lowest BCUT2D eigenvalue weighted by molar-refractivity contribution is -0.114. The maximum Gasteiger partial charge on any atom is 0.251 e. The first-order chi connectivity index (χ1) is 12.2. The van der Waals surface area contributed by atoms with Gasteiger partial charge in [-0.1, -0.05) is 17.7 Å². The summed E-state index contributed by atoms with van der Waals surface area (Å²) in [6.07, 6.45) is 0.370. The number of rotatable bonds is 4. The van der Waals surface area contributed by atoms with Crippen molar-refractivity contribution in [1.29, 1.82) is 0 Å². The minimum absolute atomic E-state index is 0.149. The Morgan fingerprint density at radius 2 is 1.88 bits per heavy atom. The topological polar surface area (TPSA) is 110 Å². The summed E-state index contributed by atoms with van der Waals surface area (Å²) in [5.74, 6) is -0.934. The van der Waals surface area contributed by atoms with Gasteiger partial charge in [0.2, 0.25) is 15.9 Å². The molecule has 3 rings (SSSR count). The number of hydrogen-bond acceptors (Lipinski definition) is 5. The fraction of sp³-hybridized carbons (Fsp3) is 0.294. The number of hydrogen-bond donors (Lipinski definition) is 2. The second kappa shape index (κ2) is 6.82. The van der Waals surface area contributed by atoms with Crippen molar-refractivity contribution in [3.8, 4) is 0 Å². The van der Waals surface area contributed by atoms with Crippen molar-refractivity contribution in [2.45, 2.75) is 31.7 Å². The quantitative estimate of drug-likeness (QED) is 0.826. The first kappa shape index (κ1) is 18.6. The van der Waals surface area contributed by atoms with Gasteiger partial charge in [0.1, 0.15) is 5.00 Å². The predicted molar refractivity (Wildman–Crippen MR) is 99.6 cm³/mol. The van der Waals surface area contributed by atoms with Gasteiger partial charge in [-0.15, -0.1) is 11.3 Å². The number of benzene rings is 1. The van der Waals surface area contributed by atoms with Crippen LogP contribution in [0.5, 0.6) is 0 Å². The molecule has 7 nitrogen and oxygen atoms in total. The first-order valence-electron chi connectivity index (χ1n) is 7.99. The van der Waals surface area contributed by atoms with Crippen LogP contribution in [-0.4, -0.2) is 31.1 Å². The number of nitrogens with zero attached hydrogens (tertiary/aromatic N) is 1. The lowest BCUT2D eigenvalue weighted by Crippen LogP contribution is -2.35. The van der Waals surface area contributed by atoms with Gasteiger partial charge in [0.15, 0.2) is 0 Å². The van der Waals surface area contributed by atoms with Crippen molar-refractivity contribution in [3.05, 3.63) is 45.8 Å². The summed E-state index contributed by atoms with van der Waals surface area (Å²) in [5.41, 5.74) is 7.46. The minimum atomic E-state index is -3.63. The van der Waals surface area contributed by atoms with E-state index in [1.807, 2.05) is 6.92 Å². The van der Waals surface area contributed by atoms with E-state index in [2.05, 4.69) is 5.32 Å². The average molecular weight is 393 g/mol. The smallest absolute Gasteiger partial charge is 0.251 e. The van der Waals surface area contributed by atoms with Crippen LogP contribution < -0.4 is 11.1 Å². The molecule has 0 unspecified atom stereocenters. The third-order valence-corrected chi connectivity index (χ3v) is 7.21. The number of anilines is 1. The Hall–Kier alpha value is -2.23. The average Bonchev–Trinajstić information content (AvgIpc) is 2.91. The third kappa shape index (κ3) is 3.37. The largest absolute Gasteiger partial charge is 0.365 e. The van der Waals surface area contributed by atoms with Crippen molar-refractivity contribution in [2.24, 2.45) is 5.73 Å². The van der Waals surface area contributed by atoms with Crippen molar-refractivity contribution in [3.63, 3.8) is 0 Å². The van der Waals surface area contributed by atoms with Gasteiger partial charge in [0.25, 0.3) is 5.91 Å². The molecule has 0 atom stereocenters. The monoisotopic (exact) mass is 393 g/mol. The molecular weight excluding hydrogens is 374 g/mol. The number of nitrogens with two attached hydrogens (primary N) is 1. The normalized spacial score (nSPS) is 14.7. The van der Waals surface area contributed by atoms with Gasteiger partial charge in [-0.05, 0) is 31.0 Å². The maximum atomic E-state index is 12.9. The van der Waals surface area contributed by atoms with E-state index in [9.17, 15) is 18.0 Å². The SMILES string of the molecule is CC(=O)Nc1sc2c(c1C(N)=O)CCN(S(=O)(=O)c1ccc(C)cc1)C2. The molecule has 9 heteroatoms. The highest BCUT2D eigenvalue weighted by atomic mass is 32.2. The Labute approximate surface area is 155 Å². The van der Waals surface area contributed by atoms with E-state index in [-0.39, 0.29) is 29.5 Å². The van der Waals surface area contributed by atoms with Crippen LogP contribution in [0.15, 0.2) is 29.2 Å². The number of sulfonamides is 1. The van der Waals surface area contributed by atoms with E-state index in [1.54, 1.807) is 24.3 Å². The molecule has 138 valence electrons. The summed E-state index contributed by atoms with van der Waals surface area (Å²) < 4.78 is 27.1. The number of nitrogens with one attached hydrogen (secondary N) is 1. The molecule has 2 amide bonds. The van der Waals surface area contributed by atoms with E-state index >= 15 is 0 Å². The lowest BCUT2D eigenvalue weighted by Gasteiger charge is -2.26. The highest BCUT2D eigenvalue weighted by Crippen LogP contribution is 2.38. The summed E-state index contributed by atoms with van der Waals surface area (Å²) in [5, 5.41) is 2.99. The molecule has 0 radical (unpaired) electrons. The summed E-state index contributed by atoms with van der Waals surface area (Å²) in [7, 11) is -3.63. The molecule has 1 aliphatic rings. The molecule has 2 aromatic rings. The second-order valence-corrected chi connectivity index (χ2v) is 9.20. The van der Waals surface area contributed by atoms with E-state index in [1.165, 1.54) is 22.6 Å². The van der Waals surface area contributed by atoms with Crippen LogP contribution in [0.2, 0.25) is 0 Å². The van der Waals surface area contributed by atoms with Gasteiger partial charge < -0.3 is 11.1 Å². The van der Waals surface area contributed by atoms with Crippen LogP contribution in [0.1, 0.15) is 33.3 Å². The molecule has 0 saturated heterocycles. The zero-order valence-electron chi connectivity index (χ0n) is 14.4. The van der Waals surface area contributed by atoms with E-state index in [4.69, 9.17) is 5.73 Å². The number of carbonyl (C=O) groups excluding carboxylic acids is 2. The van der Waals surface area contributed by atoms with Crippen LogP contribution >= 0.6 is 11.3 Å². The van der Waals surface area contributed by atoms with Crippen molar-refractivity contribution in [2.75, 3.05) is 11.9 Å². The summed E-state index contributed by atoms with van der Waals surface area (Å²) in [6.45, 7) is 3.64. The van der Waals surface area contributed by atoms with Crippen molar-refractivity contribution in [1.82, 2.24) is 4.31 Å². The molecule has 3 N–H and O–H groups in total. The molecular formula is C17H19N3O4S2. The number of carbonyl (C=O) groups is 2. The number of thiophene rings is 1. The van der Waals surface area contributed by atoms with E-state index in [0.717, 1.165) is 16.0 Å². The molecule has 0 aliphatic carbocycles. The van der Waals surface area contributed by atoms with Gasteiger partial charge >= 0.3 is 0 Å². The summed E-state index contributed by atoms with van der Waals surface area (Å²) in [6, 6.07) is 6.69. The van der Waals surface area contributed by atoms with Gasteiger partial charge in [-0.25, -0.2) is 8.42 Å². The Bertz CT molecular complexity index is 978. The van der Waals surface area contributed by atoms with Crippen molar-refractivity contribution >= 4 is 38.2 Å². The highest BCUT2D eigenvalue weighted by Gasteiger charge is 2.33. The summed E-state index contributed by atoms with van der Waals surface area (Å²) in [4.78, 5) is 24.2. The predicted octanol–water partition coefficient (Wildman–Crippen LogP) is 1.86. The molecule has 0 fully saturated rings. The number of amides is 2. The molecule has 0 bridgehead atoms. The second-order valence-electron chi connectivity index (χ2n) is 6.15. The first-order valence-corrected chi connectivity index (χ1v) is 10.2. The summed E-state index contributed by atoms with van der Waals surface area (Å²) >= 11 is 1.20. The zero-order chi connectivity index (χ0) is 19.1. The van der Waals surface area contributed by atoms with Gasteiger partial charge in [-0.2, -0.15) is 4.31 Å². The highest BCUT2D eigenvalue weighted by molar-refractivity contribution is 7.89. The number of primary amides is 1. The number of aryl methyl sites for hydroxylation is 1. The Kier molecular flexibility index (Phi) is 4.87. The Morgan fingerprint density at radius 3 is 2.46 bits per heavy atom. The molecule has 1 aromatic heterocycles. The van der Waals surface area contributed by atoms with E-state index in [0.29, 0.717) is 11.4 Å². The Balaban J connectivity index is 1.95. The molecule has 1 aliphatic heterocycles. The molecule has 0 spiro atoms. The van der Waals surface area contributed by atoms with Crippen LogP contribution in [0.3, 0.4) is 0 Å². The zero-order valence-corrected chi connectivity index (χ0v) is 16.0. The number of fused-ring (bicyclic) bond motifs is 1. The van der Waals surface area contributed by atoms with Gasteiger partial charge in [0, 0.05) is 24.9 Å². The maximum absolute atomic E-state index is 12.9. The minimum Gasteiger partial charge on any atom is -0.365 e. The molecule has 2 heterocycles. The van der Waals surface area contributed by atoms with Crippen LogP contribution in [0.4, 0.5) is 5.00 Å². The Morgan fingerprint density at radius 1 is 1.23 bits per heavy atom. The van der Waals surface area contributed by atoms with Gasteiger partial charge in [0.05, 0.1) is 10.5 Å². The van der Waals surface area contributed by atoms with Crippen LogP contribution in [0.25, 0.3) is 0 Å². The van der Waals surface area contributed by atoms with Crippen LogP contribution in [-0.2, 0) is 27.8 Å². The molecule has 26 heavy (non-hydrogen) atoms. The standard InChI is InChI=1S/C17H19N3O4S2/c1-10-3-5-12(6-4-10)26(23,24)20-8-7-13-14(9-20)25-17(19-11(2)21)15(13)16(18)22/h3-6H,7-9H2,1-2H3,(H2,18,22)(H,19,21). The third-order valence-electron chi connectivity index (χ3n) is 4.22.